The van der Waals surface area contributed by atoms with Gasteiger partial charge in [0.2, 0.25) is 5.69 Å². The van der Waals surface area contributed by atoms with Crippen molar-refractivity contribution in [1.82, 2.24) is 19.5 Å². The Morgan fingerprint density at radius 3 is 2.00 bits per heavy atom. The molecule has 1 aliphatic heterocycles. The predicted molar refractivity (Wildman–Crippen MR) is 174 cm³/mol. The van der Waals surface area contributed by atoms with Crippen LogP contribution in [-0.4, -0.2) is 57.5 Å². The van der Waals surface area contributed by atoms with Gasteiger partial charge in [-0.1, -0.05) is 93.0 Å². The van der Waals surface area contributed by atoms with E-state index in [1.54, 1.807) is 9.42 Å². The number of H-pyrrole nitrogens is 1. The molecule has 1 aliphatic carbocycles. The van der Waals surface area contributed by atoms with Gasteiger partial charge in [0.15, 0.2) is 17.3 Å². The number of nitrogens with one attached hydrogen (secondary N) is 1. The molecule has 2 atom stereocenters. The van der Waals surface area contributed by atoms with Crippen molar-refractivity contribution in [1.29, 1.82) is 0 Å². The number of amides is 1. The molecule has 0 bridgehead atoms. The Labute approximate surface area is 262 Å². The van der Waals surface area contributed by atoms with Crippen molar-refractivity contribution in [3.05, 3.63) is 52.5 Å². The number of hydrogen-bond donors (Lipinski definition) is 1. The van der Waals surface area contributed by atoms with Crippen molar-refractivity contribution in [3.63, 3.8) is 0 Å². The molecule has 8 heteroatoms. The number of Topliss-reactive ketones (excluding diaryl/α,β-unsaturated/α-hetero) is 1. The molecular formula is C36H49N5O3. The number of fused-ring (bicyclic) bond motifs is 1. The summed E-state index contributed by atoms with van der Waals surface area (Å²) in [5.74, 6) is 0.218. The minimum atomic E-state index is -0.284. The van der Waals surface area contributed by atoms with Crippen LogP contribution in [0.2, 0.25) is 0 Å². The molecule has 5 rings (SSSR count). The molecule has 1 N–H and O–H groups in total. The summed E-state index contributed by atoms with van der Waals surface area (Å²) in [6.45, 7) is 29.9. The molecule has 1 saturated carbocycles. The minimum absolute atomic E-state index is 0.00374. The van der Waals surface area contributed by atoms with E-state index in [-0.39, 0.29) is 62.6 Å². The molecule has 1 aromatic carbocycles. The Kier molecular flexibility index (Phi) is 8.35. The first kappa shape index (κ1) is 32.0. The lowest BCUT2D eigenvalue weighted by atomic mass is 9.55. The van der Waals surface area contributed by atoms with Gasteiger partial charge in [-0.05, 0) is 46.5 Å². The lowest BCUT2D eigenvalue weighted by Crippen LogP contribution is -2.45. The van der Waals surface area contributed by atoms with E-state index in [9.17, 15) is 4.79 Å². The van der Waals surface area contributed by atoms with Gasteiger partial charge in [0, 0.05) is 24.6 Å². The normalized spacial score (nSPS) is 21.8. The van der Waals surface area contributed by atoms with Crippen LogP contribution in [0, 0.1) is 35.2 Å². The average Bonchev–Trinajstić information content (AvgIpc) is 3.52. The van der Waals surface area contributed by atoms with Crippen LogP contribution in [0.4, 0.5) is 5.69 Å². The predicted octanol–water partition coefficient (Wildman–Crippen LogP) is 7.96. The van der Waals surface area contributed by atoms with Crippen molar-refractivity contribution in [3.8, 4) is 11.4 Å². The number of aromatic amines is 1. The van der Waals surface area contributed by atoms with E-state index in [4.69, 9.17) is 16.3 Å². The SMILES string of the molecule is [C-]#[N+]c1c(C(=O)C2C(C(C)(C)C)CCCC2C(C)(C)C)c2nc(-c3ccc(C(C)(C)C)cc3)[nH]n2c1C(=O)N1CCOCC1. The summed E-state index contributed by atoms with van der Waals surface area (Å²) in [4.78, 5) is 39.7. The fourth-order valence-electron chi connectivity index (χ4n) is 7.38. The molecule has 2 aromatic heterocycles. The second kappa shape index (κ2) is 11.5. The summed E-state index contributed by atoms with van der Waals surface area (Å²) in [7, 11) is 0. The zero-order valence-corrected chi connectivity index (χ0v) is 28.0. The molecule has 8 nitrogen and oxygen atoms in total. The first-order valence-electron chi connectivity index (χ1n) is 16.1. The van der Waals surface area contributed by atoms with Crippen LogP contribution >= 0.6 is 0 Å². The highest BCUT2D eigenvalue weighted by molar-refractivity contribution is 6.14. The molecule has 1 amide bonds. The molecule has 3 aromatic rings. The molecule has 2 unspecified atom stereocenters. The molecule has 236 valence electrons. The number of benzene rings is 1. The summed E-state index contributed by atoms with van der Waals surface area (Å²) in [5, 5.41) is 3.33. The van der Waals surface area contributed by atoms with E-state index < -0.39 is 0 Å². The van der Waals surface area contributed by atoms with Crippen molar-refractivity contribution < 1.29 is 14.3 Å². The first-order chi connectivity index (χ1) is 20.5. The third-order valence-corrected chi connectivity index (χ3v) is 9.86. The molecular weight excluding hydrogens is 550 g/mol. The summed E-state index contributed by atoms with van der Waals surface area (Å²) < 4.78 is 7.10. The van der Waals surface area contributed by atoms with Gasteiger partial charge in [0.25, 0.3) is 5.91 Å². The van der Waals surface area contributed by atoms with Crippen LogP contribution in [0.3, 0.4) is 0 Å². The number of aromatic nitrogens is 3. The molecule has 0 radical (unpaired) electrons. The number of ketones is 1. The van der Waals surface area contributed by atoms with Gasteiger partial charge in [0.05, 0.1) is 25.3 Å². The molecule has 2 fully saturated rings. The Hall–Kier alpha value is -3.44. The lowest BCUT2D eigenvalue weighted by Gasteiger charge is -2.48. The van der Waals surface area contributed by atoms with E-state index in [0.29, 0.717) is 37.8 Å². The Morgan fingerprint density at radius 2 is 1.50 bits per heavy atom. The molecule has 2 aliphatic rings. The van der Waals surface area contributed by atoms with Crippen molar-refractivity contribution in [2.75, 3.05) is 26.3 Å². The van der Waals surface area contributed by atoms with Crippen LogP contribution in [0.25, 0.3) is 21.9 Å². The van der Waals surface area contributed by atoms with E-state index in [2.05, 4.69) is 84.4 Å². The quantitative estimate of drug-likeness (QED) is 0.244. The first-order valence-corrected chi connectivity index (χ1v) is 16.1. The number of ether oxygens (including phenoxy) is 1. The largest absolute Gasteiger partial charge is 0.378 e. The number of carbonyl (C=O) groups excluding carboxylic acids is 2. The minimum Gasteiger partial charge on any atom is -0.378 e. The maximum atomic E-state index is 15.1. The Bertz CT molecular complexity index is 1560. The van der Waals surface area contributed by atoms with Gasteiger partial charge in [-0.25, -0.2) is 14.3 Å². The fourth-order valence-corrected chi connectivity index (χ4v) is 7.38. The Balaban J connectivity index is 1.72. The lowest BCUT2D eigenvalue weighted by molar-refractivity contribution is 0.0127. The second-order valence-electron chi connectivity index (χ2n) is 15.9. The zero-order valence-electron chi connectivity index (χ0n) is 28.0. The van der Waals surface area contributed by atoms with Crippen LogP contribution in [-0.2, 0) is 10.2 Å². The number of rotatable bonds is 4. The van der Waals surface area contributed by atoms with Gasteiger partial charge in [0.1, 0.15) is 5.69 Å². The second-order valence-corrected chi connectivity index (χ2v) is 15.9. The van der Waals surface area contributed by atoms with E-state index in [1.807, 2.05) is 12.1 Å². The van der Waals surface area contributed by atoms with Crippen LogP contribution in [0.15, 0.2) is 24.3 Å². The van der Waals surface area contributed by atoms with Crippen molar-refractivity contribution >= 4 is 23.0 Å². The van der Waals surface area contributed by atoms with Gasteiger partial charge < -0.3 is 9.64 Å². The number of morpholine rings is 1. The van der Waals surface area contributed by atoms with Crippen LogP contribution < -0.4 is 0 Å². The highest BCUT2D eigenvalue weighted by Crippen LogP contribution is 2.52. The number of nitrogens with zero attached hydrogens (tertiary/aromatic N) is 4. The highest BCUT2D eigenvalue weighted by Gasteiger charge is 2.49. The average molecular weight is 600 g/mol. The number of hydrogen-bond acceptors (Lipinski definition) is 4. The smallest absolute Gasteiger partial charge is 0.262 e. The van der Waals surface area contributed by atoms with Gasteiger partial charge in [-0.3, -0.25) is 14.7 Å². The van der Waals surface area contributed by atoms with E-state index >= 15 is 4.79 Å². The van der Waals surface area contributed by atoms with E-state index in [1.165, 1.54) is 5.56 Å². The Morgan fingerprint density at radius 1 is 0.932 bits per heavy atom. The maximum Gasteiger partial charge on any atom is 0.262 e. The molecule has 44 heavy (non-hydrogen) atoms. The van der Waals surface area contributed by atoms with Crippen molar-refractivity contribution in [2.45, 2.75) is 87.0 Å². The number of carbonyl (C=O) groups is 2. The summed E-state index contributed by atoms with van der Waals surface area (Å²) in [6, 6.07) is 8.22. The standard InChI is InChI=1S/C36H49N5O3/c1-34(2,3)23-16-14-22(15-17-23)31-38-32-27(28(37-10)29(41(32)39-31)33(43)40-18-20-44-21-19-40)30(42)26-24(35(4,5)6)12-11-13-25(26)36(7,8)9/h14-17,24-26H,11-13,18-21H2,1-9H3,(H,38,39). The van der Waals surface area contributed by atoms with Crippen LogP contribution in [0.5, 0.6) is 0 Å². The van der Waals surface area contributed by atoms with Gasteiger partial charge >= 0.3 is 0 Å². The van der Waals surface area contributed by atoms with Crippen molar-refractivity contribution in [2.24, 2.45) is 28.6 Å². The van der Waals surface area contributed by atoms with Gasteiger partial charge in [-0.2, -0.15) is 0 Å². The van der Waals surface area contributed by atoms with Crippen LogP contribution in [0.1, 0.15) is 108 Å². The van der Waals surface area contributed by atoms with Gasteiger partial charge in [-0.15, -0.1) is 0 Å². The summed E-state index contributed by atoms with van der Waals surface area (Å²) in [5.41, 5.74) is 2.79. The summed E-state index contributed by atoms with van der Waals surface area (Å²) >= 11 is 0. The summed E-state index contributed by atoms with van der Waals surface area (Å²) in [6.07, 6.45) is 3.00. The highest BCUT2D eigenvalue weighted by atomic mass is 16.5. The molecule has 3 heterocycles. The molecule has 1 saturated heterocycles. The monoisotopic (exact) mass is 599 g/mol. The molecule has 0 spiro atoms. The third kappa shape index (κ3) is 5.83. The maximum absolute atomic E-state index is 15.1. The fraction of sp³-hybridized carbons (Fsp3) is 0.611. The van der Waals surface area contributed by atoms with E-state index in [0.717, 1.165) is 24.8 Å². The topological polar surface area (TPSA) is 84.1 Å². The third-order valence-electron chi connectivity index (χ3n) is 9.86. The zero-order chi connectivity index (χ0) is 32.2.